The van der Waals surface area contributed by atoms with Gasteiger partial charge in [-0.3, -0.25) is 4.79 Å². The quantitative estimate of drug-likeness (QED) is 0.412. The molecule has 2 aliphatic rings. The summed E-state index contributed by atoms with van der Waals surface area (Å²) in [5.41, 5.74) is 2.84. The van der Waals surface area contributed by atoms with Crippen LogP contribution in [-0.4, -0.2) is 73.3 Å². The Bertz CT molecular complexity index is 1270. The molecule has 38 heavy (non-hydrogen) atoms. The molecule has 2 unspecified atom stereocenters. The molecule has 5 rings (SSSR count). The average molecular weight is 519 g/mol. The molecule has 0 N–H and O–H groups in total. The molecule has 0 saturated carbocycles. The van der Waals surface area contributed by atoms with Gasteiger partial charge in [-0.15, -0.1) is 0 Å². The van der Waals surface area contributed by atoms with Crippen molar-refractivity contribution in [3.8, 4) is 28.5 Å². The van der Waals surface area contributed by atoms with E-state index in [2.05, 4.69) is 15.7 Å². The van der Waals surface area contributed by atoms with E-state index in [1.54, 1.807) is 21.3 Å². The van der Waals surface area contributed by atoms with Gasteiger partial charge >= 0.3 is 0 Å². The summed E-state index contributed by atoms with van der Waals surface area (Å²) in [6, 6.07) is 13.7. The second kappa shape index (κ2) is 11.5. The van der Waals surface area contributed by atoms with Gasteiger partial charge in [-0.2, -0.15) is 0 Å². The monoisotopic (exact) mass is 518 g/mol. The molecule has 2 saturated heterocycles. The lowest BCUT2D eigenvalue weighted by molar-refractivity contribution is -0.131. The fraction of sp³-hybridized carbons (Fsp3) is 0.467. The van der Waals surface area contributed by atoms with Gasteiger partial charge in [0.05, 0.1) is 45.5 Å². The Labute approximate surface area is 225 Å². The van der Waals surface area contributed by atoms with Gasteiger partial charge in [-0.25, -0.2) is 4.98 Å². The van der Waals surface area contributed by atoms with Crippen molar-refractivity contribution in [2.24, 2.45) is 5.92 Å². The van der Waals surface area contributed by atoms with Crippen molar-refractivity contribution in [2.45, 2.75) is 38.3 Å². The van der Waals surface area contributed by atoms with Crippen LogP contribution >= 0.6 is 0 Å². The summed E-state index contributed by atoms with van der Waals surface area (Å²) in [7, 11) is 6.90. The van der Waals surface area contributed by atoms with Crippen LogP contribution in [0.3, 0.4) is 0 Å². The van der Waals surface area contributed by atoms with Gasteiger partial charge in [0.15, 0.2) is 0 Å². The molecule has 0 spiro atoms. The number of rotatable bonds is 9. The van der Waals surface area contributed by atoms with Crippen LogP contribution in [0.5, 0.6) is 17.2 Å². The van der Waals surface area contributed by atoms with E-state index in [4.69, 9.17) is 19.2 Å². The van der Waals surface area contributed by atoms with E-state index >= 15 is 0 Å². The van der Waals surface area contributed by atoms with Gasteiger partial charge in [-0.05, 0) is 56.6 Å². The number of ether oxygens (including phenoxy) is 3. The Kier molecular flexibility index (Phi) is 7.88. The van der Waals surface area contributed by atoms with E-state index in [1.807, 2.05) is 54.4 Å². The molecule has 0 aliphatic carbocycles. The largest absolute Gasteiger partial charge is 0.497 e. The van der Waals surface area contributed by atoms with E-state index in [1.165, 1.54) is 19.3 Å². The molecule has 2 atom stereocenters. The molecule has 8 nitrogen and oxygen atoms in total. The van der Waals surface area contributed by atoms with Crippen molar-refractivity contribution in [1.29, 1.82) is 0 Å². The van der Waals surface area contributed by atoms with Crippen LogP contribution in [-0.2, 0) is 11.3 Å². The lowest BCUT2D eigenvalue weighted by atomic mass is 10.0. The second-order valence-electron chi connectivity index (χ2n) is 10.3. The fourth-order valence-corrected chi connectivity index (χ4v) is 5.77. The molecule has 2 fully saturated rings. The standard InChI is InChI=1S/C30H38N4O4/c1-32-27(16-23(30(32)35)18-33-13-6-5-7-14-33)29-31-26(21-9-8-10-24(15-21)36-2)20-34(29)19-22-11-12-25(37-3)17-28(22)38-4/h8-12,15,17,20,23,27H,5-7,13-14,16,18-19H2,1-4H3. The minimum absolute atomic E-state index is 0.0101. The summed E-state index contributed by atoms with van der Waals surface area (Å²) in [6.45, 7) is 3.57. The van der Waals surface area contributed by atoms with Crippen LogP contribution < -0.4 is 14.2 Å². The number of piperidine rings is 1. The van der Waals surface area contributed by atoms with Crippen molar-refractivity contribution >= 4 is 5.91 Å². The Balaban J connectivity index is 1.49. The first-order valence-electron chi connectivity index (χ1n) is 13.4. The molecule has 0 radical (unpaired) electrons. The number of amides is 1. The Morgan fingerprint density at radius 3 is 2.45 bits per heavy atom. The minimum atomic E-state index is -0.0964. The third-order valence-electron chi connectivity index (χ3n) is 7.91. The SMILES string of the molecule is COc1cccc(-c2cn(Cc3ccc(OC)cc3OC)c(C3CC(CN4CCCCC4)C(=O)N3C)n2)c1. The zero-order valence-electron chi connectivity index (χ0n) is 22.9. The van der Waals surface area contributed by atoms with Gasteiger partial charge < -0.3 is 28.6 Å². The summed E-state index contributed by atoms with van der Waals surface area (Å²) in [5, 5.41) is 0. The number of hydrogen-bond donors (Lipinski definition) is 0. The first kappa shape index (κ1) is 26.1. The topological polar surface area (TPSA) is 69.1 Å². The molecule has 8 heteroatoms. The van der Waals surface area contributed by atoms with E-state index in [0.29, 0.717) is 6.54 Å². The van der Waals surface area contributed by atoms with Crippen LogP contribution in [0.2, 0.25) is 0 Å². The predicted molar refractivity (Wildman–Crippen MR) is 147 cm³/mol. The molecule has 0 bridgehead atoms. The van der Waals surface area contributed by atoms with Crippen molar-refractivity contribution in [3.05, 3.63) is 60.0 Å². The number of imidazole rings is 1. The lowest BCUT2D eigenvalue weighted by Crippen LogP contribution is -2.37. The molecule has 2 aromatic carbocycles. The van der Waals surface area contributed by atoms with Crippen molar-refractivity contribution in [2.75, 3.05) is 48.0 Å². The maximum Gasteiger partial charge on any atom is 0.227 e. The number of likely N-dealkylation sites (tertiary alicyclic amines) is 2. The molecular weight excluding hydrogens is 480 g/mol. The molecule has 3 heterocycles. The first-order chi connectivity index (χ1) is 18.5. The fourth-order valence-electron chi connectivity index (χ4n) is 5.77. The predicted octanol–water partition coefficient (Wildman–Crippen LogP) is 4.63. The molecular formula is C30H38N4O4. The van der Waals surface area contributed by atoms with Gasteiger partial charge in [-0.1, -0.05) is 18.6 Å². The summed E-state index contributed by atoms with van der Waals surface area (Å²) in [4.78, 5) is 22.9. The van der Waals surface area contributed by atoms with Crippen LogP contribution in [0.4, 0.5) is 0 Å². The summed E-state index contributed by atoms with van der Waals surface area (Å²) >= 11 is 0. The van der Waals surface area contributed by atoms with Crippen molar-refractivity contribution < 1.29 is 19.0 Å². The van der Waals surface area contributed by atoms with Gasteiger partial charge in [0.2, 0.25) is 5.91 Å². The van der Waals surface area contributed by atoms with Crippen LogP contribution in [0.1, 0.15) is 43.1 Å². The second-order valence-corrected chi connectivity index (χ2v) is 10.3. The molecule has 1 aromatic heterocycles. The van der Waals surface area contributed by atoms with E-state index in [-0.39, 0.29) is 17.9 Å². The normalized spacial score (nSPS) is 20.1. The Morgan fingerprint density at radius 2 is 1.71 bits per heavy atom. The van der Waals surface area contributed by atoms with Crippen molar-refractivity contribution in [1.82, 2.24) is 19.4 Å². The number of benzene rings is 2. The van der Waals surface area contributed by atoms with Gasteiger partial charge in [0, 0.05) is 37.0 Å². The first-order valence-corrected chi connectivity index (χ1v) is 13.4. The van der Waals surface area contributed by atoms with Gasteiger partial charge in [0.25, 0.3) is 0 Å². The van der Waals surface area contributed by atoms with Crippen LogP contribution in [0.15, 0.2) is 48.7 Å². The third-order valence-corrected chi connectivity index (χ3v) is 7.91. The number of carbonyl (C=O) groups excluding carboxylic acids is 1. The minimum Gasteiger partial charge on any atom is -0.497 e. The van der Waals surface area contributed by atoms with E-state index in [0.717, 1.165) is 65.9 Å². The third kappa shape index (κ3) is 5.36. The number of aromatic nitrogens is 2. The summed E-state index contributed by atoms with van der Waals surface area (Å²) in [5.74, 6) is 3.37. The Morgan fingerprint density at radius 1 is 0.947 bits per heavy atom. The van der Waals surface area contributed by atoms with Crippen LogP contribution in [0, 0.1) is 5.92 Å². The highest BCUT2D eigenvalue weighted by molar-refractivity contribution is 5.81. The van der Waals surface area contributed by atoms with Crippen molar-refractivity contribution in [3.63, 3.8) is 0 Å². The average Bonchev–Trinajstić information content (AvgIpc) is 3.50. The highest BCUT2D eigenvalue weighted by Crippen LogP contribution is 2.38. The molecule has 1 amide bonds. The van der Waals surface area contributed by atoms with Gasteiger partial charge in [0.1, 0.15) is 23.1 Å². The summed E-state index contributed by atoms with van der Waals surface area (Å²) < 4.78 is 18.7. The summed E-state index contributed by atoms with van der Waals surface area (Å²) in [6.07, 6.45) is 6.57. The molecule has 3 aromatic rings. The molecule has 202 valence electrons. The number of methoxy groups -OCH3 is 3. The number of nitrogens with zero attached hydrogens (tertiary/aromatic N) is 4. The van der Waals surface area contributed by atoms with E-state index < -0.39 is 0 Å². The molecule has 2 aliphatic heterocycles. The zero-order valence-corrected chi connectivity index (χ0v) is 22.9. The smallest absolute Gasteiger partial charge is 0.227 e. The lowest BCUT2D eigenvalue weighted by Gasteiger charge is -2.28. The maximum absolute atomic E-state index is 13.4. The zero-order chi connectivity index (χ0) is 26.6. The highest BCUT2D eigenvalue weighted by atomic mass is 16.5. The Hall–Kier alpha value is -3.52. The van der Waals surface area contributed by atoms with Crippen LogP contribution in [0.25, 0.3) is 11.3 Å². The maximum atomic E-state index is 13.4. The highest BCUT2D eigenvalue weighted by Gasteiger charge is 2.41. The number of carbonyl (C=O) groups is 1. The number of hydrogen-bond acceptors (Lipinski definition) is 6. The van der Waals surface area contributed by atoms with E-state index in [9.17, 15) is 4.79 Å².